The molecule has 2 rings (SSSR count). The summed E-state index contributed by atoms with van der Waals surface area (Å²) in [6, 6.07) is 2.74. The Morgan fingerprint density at radius 2 is 2.00 bits per heavy atom. The molecule has 1 aromatic rings. The van der Waals surface area contributed by atoms with Crippen LogP contribution in [-0.2, 0) is 19.1 Å². The van der Waals surface area contributed by atoms with Crippen LogP contribution in [0.1, 0.15) is 12.5 Å². The Morgan fingerprint density at radius 1 is 1.29 bits per heavy atom. The Balaban J connectivity index is 2.22. The van der Waals surface area contributed by atoms with Crippen LogP contribution in [0, 0.1) is 17.6 Å². The molecule has 0 radical (unpaired) electrons. The average Bonchev–Trinajstić information content (AvgIpc) is 2.38. The van der Waals surface area contributed by atoms with Gasteiger partial charge in [0, 0.05) is 11.6 Å². The second kappa shape index (κ2) is 5.78. The SMILES string of the molecule is CC1=CC(=O)[C@@H](C(=O)/C=C/c2cc(F)ccc2F)C(=O)O1. The van der Waals surface area contributed by atoms with Crippen LogP contribution in [0.3, 0.4) is 0 Å². The van der Waals surface area contributed by atoms with Crippen molar-refractivity contribution in [3.05, 3.63) is 53.3 Å². The molecular formula is C15H10F2O4. The predicted molar refractivity (Wildman–Crippen MR) is 68.7 cm³/mol. The molecule has 0 fully saturated rings. The molecule has 0 aliphatic carbocycles. The van der Waals surface area contributed by atoms with Gasteiger partial charge in [-0.15, -0.1) is 0 Å². The summed E-state index contributed by atoms with van der Waals surface area (Å²) in [5.74, 6) is -5.41. The van der Waals surface area contributed by atoms with E-state index < -0.39 is 35.1 Å². The molecule has 0 unspecified atom stereocenters. The first-order valence-electron chi connectivity index (χ1n) is 5.99. The normalized spacial score (nSPS) is 18.6. The van der Waals surface area contributed by atoms with Gasteiger partial charge in [0.1, 0.15) is 17.4 Å². The van der Waals surface area contributed by atoms with E-state index in [0.29, 0.717) is 0 Å². The van der Waals surface area contributed by atoms with Crippen molar-refractivity contribution in [3.63, 3.8) is 0 Å². The van der Waals surface area contributed by atoms with Crippen molar-refractivity contribution in [2.24, 2.45) is 5.92 Å². The number of rotatable bonds is 3. The average molecular weight is 292 g/mol. The number of allylic oxidation sites excluding steroid dienone is 3. The third-order valence-electron chi connectivity index (χ3n) is 2.80. The van der Waals surface area contributed by atoms with Gasteiger partial charge in [-0.25, -0.2) is 8.78 Å². The lowest BCUT2D eigenvalue weighted by atomic mass is 9.96. The zero-order valence-corrected chi connectivity index (χ0v) is 10.9. The van der Waals surface area contributed by atoms with E-state index in [0.717, 1.165) is 36.4 Å². The molecule has 0 amide bonds. The maximum Gasteiger partial charge on any atom is 0.329 e. The van der Waals surface area contributed by atoms with Gasteiger partial charge in [-0.05, 0) is 37.3 Å². The first-order valence-corrected chi connectivity index (χ1v) is 5.99. The first kappa shape index (κ1) is 14.8. The van der Waals surface area contributed by atoms with E-state index in [9.17, 15) is 23.2 Å². The predicted octanol–water partition coefficient (Wildman–Crippen LogP) is 2.19. The highest BCUT2D eigenvalue weighted by Gasteiger charge is 2.36. The molecule has 1 aliphatic rings. The lowest BCUT2D eigenvalue weighted by Gasteiger charge is -2.15. The van der Waals surface area contributed by atoms with Gasteiger partial charge in [0.25, 0.3) is 0 Å². The largest absolute Gasteiger partial charge is 0.430 e. The Kier molecular flexibility index (Phi) is 4.07. The monoisotopic (exact) mass is 292 g/mol. The molecule has 108 valence electrons. The topological polar surface area (TPSA) is 60.4 Å². The molecule has 0 saturated heterocycles. The molecule has 1 aromatic carbocycles. The number of hydrogen-bond acceptors (Lipinski definition) is 4. The number of esters is 1. The summed E-state index contributed by atoms with van der Waals surface area (Å²) < 4.78 is 31.0. The number of hydrogen-bond donors (Lipinski definition) is 0. The van der Waals surface area contributed by atoms with E-state index >= 15 is 0 Å². The number of ketones is 2. The quantitative estimate of drug-likeness (QED) is 0.487. The smallest absolute Gasteiger partial charge is 0.329 e. The van der Waals surface area contributed by atoms with Crippen molar-refractivity contribution in [1.82, 2.24) is 0 Å². The van der Waals surface area contributed by atoms with Gasteiger partial charge in [-0.2, -0.15) is 0 Å². The van der Waals surface area contributed by atoms with Crippen LogP contribution >= 0.6 is 0 Å². The number of carbonyl (C=O) groups excluding carboxylic acids is 3. The minimum Gasteiger partial charge on any atom is -0.430 e. The van der Waals surface area contributed by atoms with Gasteiger partial charge >= 0.3 is 5.97 Å². The van der Waals surface area contributed by atoms with Gasteiger partial charge < -0.3 is 4.74 Å². The number of ether oxygens (including phenoxy) is 1. The summed E-state index contributed by atoms with van der Waals surface area (Å²) in [4.78, 5) is 35.0. The fourth-order valence-electron chi connectivity index (χ4n) is 1.81. The lowest BCUT2D eigenvalue weighted by molar-refractivity contribution is -0.151. The van der Waals surface area contributed by atoms with Crippen LogP contribution in [0.4, 0.5) is 8.78 Å². The highest BCUT2D eigenvalue weighted by molar-refractivity contribution is 6.25. The van der Waals surface area contributed by atoms with Gasteiger partial charge in [-0.1, -0.05) is 0 Å². The number of cyclic esters (lactones) is 1. The summed E-state index contributed by atoms with van der Waals surface area (Å²) in [7, 11) is 0. The molecule has 1 aliphatic heterocycles. The van der Waals surface area contributed by atoms with Crippen LogP contribution in [0.15, 0.2) is 36.1 Å². The molecular weight excluding hydrogens is 282 g/mol. The molecule has 4 nitrogen and oxygen atoms in total. The van der Waals surface area contributed by atoms with Gasteiger partial charge in [-0.3, -0.25) is 14.4 Å². The number of benzene rings is 1. The fourth-order valence-corrected chi connectivity index (χ4v) is 1.81. The van der Waals surface area contributed by atoms with Crippen molar-refractivity contribution < 1.29 is 27.9 Å². The Hall–Kier alpha value is -2.63. The van der Waals surface area contributed by atoms with Crippen molar-refractivity contribution >= 4 is 23.6 Å². The molecule has 21 heavy (non-hydrogen) atoms. The van der Waals surface area contributed by atoms with Gasteiger partial charge in [0.15, 0.2) is 17.5 Å². The first-order chi connectivity index (χ1) is 9.88. The standard InChI is InChI=1S/C15H10F2O4/c1-8-6-13(19)14(15(20)21-8)12(18)5-2-9-7-10(16)3-4-11(9)17/h2-7,14H,1H3/b5-2+/t14-/m1/s1. The van der Waals surface area contributed by atoms with E-state index in [1.54, 1.807) is 0 Å². The van der Waals surface area contributed by atoms with E-state index in [2.05, 4.69) is 0 Å². The molecule has 0 bridgehead atoms. The maximum absolute atomic E-state index is 13.4. The second-order valence-electron chi connectivity index (χ2n) is 4.41. The highest BCUT2D eigenvalue weighted by atomic mass is 19.1. The number of carbonyl (C=O) groups is 3. The molecule has 0 saturated carbocycles. The van der Waals surface area contributed by atoms with Crippen molar-refractivity contribution in [2.45, 2.75) is 6.92 Å². The second-order valence-corrected chi connectivity index (χ2v) is 4.41. The molecule has 0 N–H and O–H groups in total. The number of halogens is 2. The molecule has 0 spiro atoms. The van der Waals surface area contributed by atoms with Crippen LogP contribution in [-0.4, -0.2) is 17.5 Å². The fraction of sp³-hybridized carbons (Fsp3) is 0.133. The maximum atomic E-state index is 13.4. The van der Waals surface area contributed by atoms with E-state index in [-0.39, 0.29) is 11.3 Å². The summed E-state index contributed by atoms with van der Waals surface area (Å²) >= 11 is 0. The van der Waals surface area contributed by atoms with Crippen LogP contribution in [0.25, 0.3) is 6.08 Å². The molecule has 6 heteroatoms. The summed E-state index contributed by atoms with van der Waals surface area (Å²) in [5.41, 5.74) is -0.160. The molecule has 1 heterocycles. The van der Waals surface area contributed by atoms with Crippen molar-refractivity contribution in [1.29, 1.82) is 0 Å². The summed E-state index contributed by atoms with van der Waals surface area (Å²) in [6.07, 6.45) is 2.91. The molecule has 0 aromatic heterocycles. The Bertz CT molecular complexity index is 689. The highest BCUT2D eigenvalue weighted by Crippen LogP contribution is 2.17. The zero-order chi connectivity index (χ0) is 15.6. The minimum absolute atomic E-state index is 0.106. The van der Waals surface area contributed by atoms with Crippen molar-refractivity contribution in [2.75, 3.05) is 0 Å². The van der Waals surface area contributed by atoms with Crippen LogP contribution in [0.2, 0.25) is 0 Å². The summed E-state index contributed by atoms with van der Waals surface area (Å²) in [5, 5.41) is 0. The van der Waals surface area contributed by atoms with Gasteiger partial charge in [0.05, 0.1) is 0 Å². The Labute approximate surface area is 118 Å². The van der Waals surface area contributed by atoms with Crippen LogP contribution in [0.5, 0.6) is 0 Å². The van der Waals surface area contributed by atoms with Gasteiger partial charge in [0.2, 0.25) is 0 Å². The third kappa shape index (κ3) is 3.28. The molecule has 1 atom stereocenters. The van der Waals surface area contributed by atoms with E-state index in [1.165, 1.54) is 6.92 Å². The minimum atomic E-state index is -1.60. The third-order valence-corrected chi connectivity index (χ3v) is 2.80. The summed E-state index contributed by atoms with van der Waals surface area (Å²) in [6.45, 7) is 1.41. The van der Waals surface area contributed by atoms with E-state index in [4.69, 9.17) is 4.74 Å². The van der Waals surface area contributed by atoms with E-state index in [1.807, 2.05) is 0 Å². The zero-order valence-electron chi connectivity index (χ0n) is 10.9. The van der Waals surface area contributed by atoms with Crippen molar-refractivity contribution in [3.8, 4) is 0 Å². The Morgan fingerprint density at radius 3 is 2.67 bits per heavy atom. The van der Waals surface area contributed by atoms with Crippen LogP contribution < -0.4 is 0 Å². The lowest BCUT2D eigenvalue weighted by Crippen LogP contribution is -2.34.